The molecule has 34 heavy (non-hydrogen) atoms. The molecule has 10 heteroatoms. The number of rotatable bonds is 7. The van der Waals surface area contributed by atoms with E-state index in [1.807, 2.05) is 4.90 Å². The fraction of sp³-hybridized carbons (Fsp3) is 0.708. The summed E-state index contributed by atoms with van der Waals surface area (Å²) in [6.45, 7) is 5.28. The van der Waals surface area contributed by atoms with Gasteiger partial charge < -0.3 is 10.5 Å². The molecule has 0 aromatic heterocycles. The molecule has 0 amide bonds. The normalized spacial score (nSPS) is 31.1. The third-order valence-corrected chi connectivity index (χ3v) is 8.09. The summed E-state index contributed by atoms with van der Waals surface area (Å²) in [4.78, 5) is 8.91. The van der Waals surface area contributed by atoms with E-state index in [1.54, 1.807) is 0 Å². The average molecular weight is 481 g/mol. The van der Waals surface area contributed by atoms with Crippen LogP contribution in [-0.4, -0.2) is 67.7 Å². The largest absolute Gasteiger partial charge is 0.491 e. The van der Waals surface area contributed by atoms with Crippen LogP contribution in [0, 0.1) is 17.6 Å². The molecule has 1 aromatic carbocycles. The minimum atomic E-state index is -0.869. The number of guanidine groups is 1. The van der Waals surface area contributed by atoms with Crippen LogP contribution >= 0.6 is 0 Å². The highest BCUT2D eigenvalue weighted by atomic mass is 19.1. The van der Waals surface area contributed by atoms with E-state index >= 15 is 0 Å². The molecule has 0 bridgehead atoms. The molecule has 1 saturated carbocycles. The van der Waals surface area contributed by atoms with E-state index < -0.39 is 30.0 Å². The fourth-order valence-electron chi connectivity index (χ4n) is 6.21. The van der Waals surface area contributed by atoms with Crippen molar-refractivity contribution in [3.63, 3.8) is 0 Å². The summed E-state index contributed by atoms with van der Waals surface area (Å²) in [5.74, 6) is -1.35. The predicted molar refractivity (Wildman–Crippen MR) is 131 cm³/mol. The third kappa shape index (κ3) is 4.48. The Bertz CT molecular complexity index is 871. The van der Waals surface area contributed by atoms with Crippen molar-refractivity contribution in [2.45, 2.75) is 70.5 Å². The number of likely N-dealkylation sites (N-methyl/N-ethyl adjacent to an activating group) is 1. The van der Waals surface area contributed by atoms with Crippen LogP contribution in [0.5, 0.6) is 5.75 Å². The fourth-order valence-corrected chi connectivity index (χ4v) is 6.21. The van der Waals surface area contributed by atoms with Gasteiger partial charge >= 0.3 is 0 Å². The first kappa shape index (κ1) is 25.1. The van der Waals surface area contributed by atoms with Crippen LogP contribution in [0.1, 0.15) is 51.9 Å². The molecule has 1 aliphatic carbocycles. The first-order valence-electron chi connectivity index (χ1n) is 12.6. The van der Waals surface area contributed by atoms with Gasteiger partial charge in [-0.05, 0) is 38.8 Å². The number of methoxy groups -OCH3 is 1. The van der Waals surface area contributed by atoms with E-state index in [2.05, 4.69) is 16.8 Å². The summed E-state index contributed by atoms with van der Waals surface area (Å²) >= 11 is 0. The summed E-state index contributed by atoms with van der Waals surface area (Å²) < 4.78 is 34.7. The average Bonchev–Trinajstić information content (AvgIpc) is 3.27. The van der Waals surface area contributed by atoms with Crippen LogP contribution < -0.4 is 26.4 Å². The van der Waals surface area contributed by atoms with E-state index in [0.29, 0.717) is 30.7 Å². The van der Waals surface area contributed by atoms with Crippen LogP contribution in [0.15, 0.2) is 17.1 Å². The van der Waals surface area contributed by atoms with Crippen molar-refractivity contribution in [1.29, 1.82) is 0 Å². The number of benzene rings is 1. The van der Waals surface area contributed by atoms with E-state index in [0.717, 1.165) is 51.6 Å². The second-order valence-electron chi connectivity index (χ2n) is 9.95. The summed E-state index contributed by atoms with van der Waals surface area (Å²) in [5.41, 5.74) is 20.4. The Kier molecular flexibility index (Phi) is 7.61. The van der Waals surface area contributed by atoms with Gasteiger partial charge in [0.15, 0.2) is 17.4 Å². The number of hydrogen-bond acceptors (Lipinski definition) is 7. The molecule has 0 spiro atoms. The Morgan fingerprint density at radius 1 is 1.09 bits per heavy atom. The van der Waals surface area contributed by atoms with Crippen molar-refractivity contribution < 1.29 is 13.5 Å². The van der Waals surface area contributed by atoms with Crippen LogP contribution in [-0.2, 0) is 0 Å². The highest BCUT2D eigenvalue weighted by Gasteiger charge is 2.52. The van der Waals surface area contributed by atoms with Gasteiger partial charge in [0, 0.05) is 30.6 Å². The van der Waals surface area contributed by atoms with Crippen molar-refractivity contribution >= 4 is 11.6 Å². The smallest absolute Gasteiger partial charge is 0.248 e. The molecule has 1 aromatic rings. The van der Waals surface area contributed by atoms with Crippen LogP contribution in [0.2, 0.25) is 0 Å². The Hall–Kier alpha value is -2.01. The van der Waals surface area contributed by atoms with E-state index in [-0.39, 0.29) is 10.4 Å². The van der Waals surface area contributed by atoms with Gasteiger partial charge in [-0.3, -0.25) is 21.3 Å². The zero-order valence-corrected chi connectivity index (χ0v) is 20.4. The zero-order chi connectivity index (χ0) is 24.5. The van der Waals surface area contributed by atoms with E-state index in [4.69, 9.17) is 21.9 Å². The first-order chi connectivity index (χ1) is 16.3. The summed E-state index contributed by atoms with van der Waals surface area (Å²) in [6.07, 6.45) is 6.10. The Morgan fingerprint density at radius 3 is 2.38 bits per heavy atom. The van der Waals surface area contributed by atoms with Gasteiger partial charge in [-0.15, -0.1) is 0 Å². The lowest BCUT2D eigenvalue weighted by Gasteiger charge is -2.53. The quantitative estimate of drug-likeness (QED) is 0.518. The minimum Gasteiger partial charge on any atom is -0.491 e. The molecule has 6 N–H and O–H groups in total. The minimum absolute atomic E-state index is 0.0674. The van der Waals surface area contributed by atoms with Crippen molar-refractivity contribution in [3.8, 4) is 5.75 Å². The molecule has 0 radical (unpaired) electrons. The Balaban J connectivity index is 1.77. The first-order valence-corrected chi connectivity index (χ1v) is 12.6. The number of nitrogens with zero attached hydrogens (tertiary/aromatic N) is 4. The molecule has 190 valence electrons. The highest BCUT2D eigenvalue weighted by molar-refractivity contribution is 5.80. The molecular weight excluding hydrogens is 440 g/mol. The summed E-state index contributed by atoms with van der Waals surface area (Å²) in [5, 5.41) is 0. The highest BCUT2D eigenvalue weighted by Crippen LogP contribution is 2.39. The predicted octanol–water partition coefficient (Wildman–Crippen LogP) is 2.46. The topological polar surface area (TPSA) is 106 Å². The van der Waals surface area contributed by atoms with Crippen molar-refractivity contribution in [3.05, 3.63) is 23.8 Å². The van der Waals surface area contributed by atoms with Gasteiger partial charge in [0.25, 0.3) is 0 Å². The number of nitrogens with two attached hydrogens (primary N) is 3. The van der Waals surface area contributed by atoms with Gasteiger partial charge in [-0.1, -0.05) is 26.2 Å². The van der Waals surface area contributed by atoms with Crippen LogP contribution in [0.4, 0.5) is 14.5 Å². The van der Waals surface area contributed by atoms with Crippen molar-refractivity contribution in [2.24, 2.45) is 28.1 Å². The molecule has 4 rings (SSSR count). The molecular formula is C24H40F2N7O+. The molecule has 4 unspecified atom stereocenters. The van der Waals surface area contributed by atoms with Gasteiger partial charge in [-0.2, -0.15) is 4.99 Å². The lowest BCUT2D eigenvalue weighted by Crippen LogP contribution is -2.79. The molecule has 3 aliphatic rings. The number of likely N-dealkylation sites (tertiary alicyclic amines) is 1. The number of aliphatic imine (C=N–C) groups is 1. The second kappa shape index (κ2) is 10.3. The maximum absolute atomic E-state index is 14.9. The SMILES string of the molecule is CCN1CCCC1CN1C(N)=NC(N)[N+](CC2CCCCC2)(c2cc(F)c(OC)c(F)c2)C1N. The molecule has 4 atom stereocenters. The third-order valence-electron chi connectivity index (χ3n) is 8.09. The number of halogens is 2. The molecule has 2 fully saturated rings. The standard InChI is InChI=1S/C24H40F2N7O/c1-3-31-11-7-10-17(31)14-32-22(27)30-23(28)33(24(32)29,15-16-8-5-4-6-9-16)18-12-19(25)21(34-2)20(26)13-18/h12-13,16-17,23-24H,3-11,14-15,28-29H2,1-2H3,(H2,27,30)/q+1. The molecule has 1 saturated heterocycles. The maximum atomic E-state index is 14.9. The van der Waals surface area contributed by atoms with Crippen LogP contribution in [0.3, 0.4) is 0 Å². The Morgan fingerprint density at radius 2 is 1.76 bits per heavy atom. The number of quaternary nitrogens is 1. The van der Waals surface area contributed by atoms with E-state index in [1.165, 1.54) is 25.7 Å². The maximum Gasteiger partial charge on any atom is 0.248 e. The Labute approximate surface area is 201 Å². The van der Waals surface area contributed by atoms with Gasteiger partial charge in [0.1, 0.15) is 5.69 Å². The van der Waals surface area contributed by atoms with Gasteiger partial charge in [0.2, 0.25) is 18.5 Å². The lowest BCUT2D eigenvalue weighted by molar-refractivity contribution is 0.0183. The number of ether oxygens (including phenoxy) is 1. The lowest BCUT2D eigenvalue weighted by atomic mass is 9.88. The molecule has 2 aliphatic heterocycles. The monoisotopic (exact) mass is 480 g/mol. The second-order valence-corrected chi connectivity index (χ2v) is 9.95. The van der Waals surface area contributed by atoms with Crippen LogP contribution in [0.25, 0.3) is 0 Å². The molecule has 8 nitrogen and oxygen atoms in total. The van der Waals surface area contributed by atoms with Gasteiger partial charge in [0.05, 0.1) is 13.7 Å². The van der Waals surface area contributed by atoms with Crippen molar-refractivity contribution in [2.75, 3.05) is 33.3 Å². The zero-order valence-electron chi connectivity index (χ0n) is 20.4. The van der Waals surface area contributed by atoms with Gasteiger partial charge in [-0.25, -0.2) is 13.3 Å². The summed E-state index contributed by atoms with van der Waals surface area (Å²) in [7, 11) is 1.25. The summed E-state index contributed by atoms with van der Waals surface area (Å²) in [6, 6.07) is 2.89. The molecule has 2 heterocycles. The van der Waals surface area contributed by atoms with E-state index in [9.17, 15) is 8.78 Å². The van der Waals surface area contributed by atoms with Crippen molar-refractivity contribution in [1.82, 2.24) is 14.3 Å². The number of hydrogen-bond donors (Lipinski definition) is 3.